The van der Waals surface area contributed by atoms with E-state index in [1.54, 1.807) is 39.8 Å². The number of rotatable bonds is 2. The van der Waals surface area contributed by atoms with E-state index in [0.717, 1.165) is 0 Å². The Hall–Kier alpha value is -2.63. The number of carbonyl (C=O) groups is 3. The number of hydrogen-bond acceptors (Lipinski definition) is 6. The van der Waals surface area contributed by atoms with Gasteiger partial charge in [-0.25, -0.2) is 9.59 Å². The Kier molecular flexibility index (Phi) is 4.38. The van der Waals surface area contributed by atoms with Crippen molar-refractivity contribution in [3.63, 3.8) is 0 Å². The molecule has 0 aromatic carbocycles. The summed E-state index contributed by atoms with van der Waals surface area (Å²) in [6.45, 7) is 10.6. The second-order valence-corrected chi connectivity index (χ2v) is 7.10. The summed E-state index contributed by atoms with van der Waals surface area (Å²) in [5.41, 5.74) is 0.195. The predicted octanol–water partition coefficient (Wildman–Crippen LogP) is 2.55. The molecule has 0 aliphatic carbocycles. The van der Waals surface area contributed by atoms with E-state index in [0.29, 0.717) is 16.9 Å². The molecule has 1 fully saturated rings. The summed E-state index contributed by atoms with van der Waals surface area (Å²) < 4.78 is 17.0. The monoisotopic (exact) mass is 358 g/mol. The fourth-order valence-corrected chi connectivity index (χ4v) is 3.41. The van der Waals surface area contributed by atoms with Crippen molar-refractivity contribution in [1.29, 1.82) is 0 Å². The minimum atomic E-state index is -1.17. The lowest BCUT2D eigenvalue weighted by atomic mass is 9.82. The topological polar surface area (TPSA) is 78.9 Å². The van der Waals surface area contributed by atoms with Gasteiger partial charge >= 0.3 is 11.9 Å². The van der Waals surface area contributed by atoms with Gasteiger partial charge < -0.3 is 14.2 Å². The minimum Gasteiger partial charge on any atom is -0.479 e. The third-order valence-electron chi connectivity index (χ3n) is 5.19. The van der Waals surface area contributed by atoms with Crippen molar-refractivity contribution in [1.82, 2.24) is 0 Å². The van der Waals surface area contributed by atoms with E-state index in [4.69, 9.17) is 14.2 Å². The highest BCUT2D eigenvalue weighted by atomic mass is 16.6. The lowest BCUT2D eigenvalue weighted by molar-refractivity contribution is -0.153. The molecular weight excluding hydrogens is 336 g/mol. The van der Waals surface area contributed by atoms with Gasteiger partial charge in [0.2, 0.25) is 5.78 Å². The summed E-state index contributed by atoms with van der Waals surface area (Å²) >= 11 is 0. The largest absolute Gasteiger partial charge is 0.479 e. The first-order valence-corrected chi connectivity index (χ1v) is 8.54. The molecule has 0 aromatic heterocycles. The van der Waals surface area contributed by atoms with Crippen LogP contribution in [0.25, 0.3) is 0 Å². The van der Waals surface area contributed by atoms with Crippen LogP contribution in [0.2, 0.25) is 0 Å². The van der Waals surface area contributed by atoms with E-state index in [-0.39, 0.29) is 17.8 Å². The molecule has 0 spiro atoms. The first kappa shape index (κ1) is 18.2. The molecule has 3 heterocycles. The molecule has 3 rings (SSSR count). The van der Waals surface area contributed by atoms with Gasteiger partial charge in [-0.05, 0) is 39.3 Å². The van der Waals surface area contributed by atoms with Crippen molar-refractivity contribution in [3.8, 4) is 0 Å². The Balaban J connectivity index is 2.05. The van der Waals surface area contributed by atoms with Gasteiger partial charge in [-0.2, -0.15) is 0 Å². The Bertz CT molecular complexity index is 799. The van der Waals surface area contributed by atoms with Crippen LogP contribution in [0.1, 0.15) is 34.1 Å². The average molecular weight is 358 g/mol. The zero-order valence-electron chi connectivity index (χ0n) is 15.3. The number of hydrogen-bond donors (Lipinski definition) is 0. The van der Waals surface area contributed by atoms with E-state index in [2.05, 4.69) is 6.58 Å². The Morgan fingerprint density at radius 2 is 2.12 bits per heavy atom. The summed E-state index contributed by atoms with van der Waals surface area (Å²) in [4.78, 5) is 36.9. The van der Waals surface area contributed by atoms with Crippen molar-refractivity contribution in [2.75, 3.05) is 0 Å². The van der Waals surface area contributed by atoms with Crippen LogP contribution in [0.4, 0.5) is 0 Å². The van der Waals surface area contributed by atoms with E-state index in [1.165, 1.54) is 6.08 Å². The average Bonchev–Trinajstić information content (AvgIpc) is 3.03. The molecule has 0 unspecified atom stereocenters. The van der Waals surface area contributed by atoms with Crippen LogP contribution in [0.5, 0.6) is 0 Å². The molecule has 3 aliphatic heterocycles. The van der Waals surface area contributed by atoms with Gasteiger partial charge in [0.1, 0.15) is 18.0 Å². The van der Waals surface area contributed by atoms with E-state index < -0.39 is 35.7 Å². The highest BCUT2D eigenvalue weighted by Gasteiger charge is 2.51. The number of esters is 2. The maximum absolute atomic E-state index is 12.5. The lowest BCUT2D eigenvalue weighted by Crippen LogP contribution is -2.42. The molecule has 3 aliphatic rings. The molecule has 138 valence electrons. The van der Waals surface area contributed by atoms with E-state index in [1.807, 2.05) is 0 Å². The van der Waals surface area contributed by atoms with Crippen molar-refractivity contribution in [2.24, 2.45) is 5.92 Å². The molecule has 6 heteroatoms. The SMILES string of the molecule is C=C1C(=O)O[C@H]2/C=C(/C)C3=CC(=O)[C@@](C)(C[C@@H](OC(=O)/C(C)=C/C)[C@@H]12)O3. The lowest BCUT2D eigenvalue weighted by Gasteiger charge is -2.31. The van der Waals surface area contributed by atoms with Crippen LogP contribution in [0.3, 0.4) is 0 Å². The van der Waals surface area contributed by atoms with Crippen molar-refractivity contribution >= 4 is 17.7 Å². The fraction of sp³-hybridized carbons (Fsp3) is 0.450. The Morgan fingerprint density at radius 1 is 1.42 bits per heavy atom. The molecule has 0 radical (unpaired) electrons. The van der Waals surface area contributed by atoms with Gasteiger partial charge in [-0.15, -0.1) is 0 Å². The third-order valence-corrected chi connectivity index (χ3v) is 5.19. The first-order valence-electron chi connectivity index (χ1n) is 8.54. The molecule has 0 saturated carbocycles. The van der Waals surface area contributed by atoms with E-state index in [9.17, 15) is 14.4 Å². The van der Waals surface area contributed by atoms with Crippen LogP contribution in [-0.2, 0) is 28.6 Å². The number of ketones is 1. The van der Waals surface area contributed by atoms with Gasteiger partial charge in [0.25, 0.3) is 0 Å². The van der Waals surface area contributed by atoms with Gasteiger partial charge in [0.15, 0.2) is 5.60 Å². The Labute approximate surface area is 152 Å². The molecule has 0 amide bonds. The summed E-state index contributed by atoms with van der Waals surface area (Å²) in [6, 6.07) is 0. The predicted molar refractivity (Wildman–Crippen MR) is 92.8 cm³/mol. The van der Waals surface area contributed by atoms with Crippen molar-refractivity contribution in [2.45, 2.75) is 51.9 Å². The maximum atomic E-state index is 12.5. The van der Waals surface area contributed by atoms with Crippen LogP contribution < -0.4 is 0 Å². The standard InChI is InChI=1S/C20H22O6/c1-6-10(2)18(22)25-15-9-20(5)16(21)8-13(26-20)11(3)7-14-17(15)12(4)19(23)24-14/h6-8,14-15,17H,4,9H2,1-3,5H3/b10-6+,11-7-/t14-,15+,17-,20+/m0/s1. The second-order valence-electron chi connectivity index (χ2n) is 7.10. The Morgan fingerprint density at radius 3 is 2.77 bits per heavy atom. The third kappa shape index (κ3) is 2.89. The van der Waals surface area contributed by atoms with Crippen LogP contribution in [-0.4, -0.2) is 35.5 Å². The van der Waals surface area contributed by atoms with Gasteiger partial charge in [0.05, 0.1) is 5.92 Å². The number of ether oxygens (including phenoxy) is 3. The molecule has 26 heavy (non-hydrogen) atoms. The van der Waals surface area contributed by atoms with Gasteiger partial charge in [0, 0.05) is 23.6 Å². The summed E-state index contributed by atoms with van der Waals surface area (Å²) in [6.07, 6.45) is 3.50. The summed E-state index contributed by atoms with van der Waals surface area (Å²) in [7, 11) is 0. The number of fused-ring (bicyclic) bond motifs is 3. The second kappa shape index (κ2) is 6.27. The highest BCUT2D eigenvalue weighted by Crippen LogP contribution is 2.42. The molecule has 6 nitrogen and oxygen atoms in total. The smallest absolute Gasteiger partial charge is 0.334 e. The maximum Gasteiger partial charge on any atom is 0.334 e. The van der Waals surface area contributed by atoms with Gasteiger partial charge in [-0.3, -0.25) is 4.79 Å². The van der Waals surface area contributed by atoms with E-state index >= 15 is 0 Å². The van der Waals surface area contributed by atoms with Crippen LogP contribution >= 0.6 is 0 Å². The number of allylic oxidation sites excluding steroid dienone is 2. The molecule has 0 N–H and O–H groups in total. The molecule has 2 bridgehead atoms. The molecule has 4 atom stereocenters. The van der Waals surface area contributed by atoms with Crippen LogP contribution in [0, 0.1) is 5.92 Å². The molecule has 1 saturated heterocycles. The van der Waals surface area contributed by atoms with Gasteiger partial charge in [-0.1, -0.05) is 12.7 Å². The normalized spacial score (nSPS) is 35.9. The fourth-order valence-electron chi connectivity index (χ4n) is 3.41. The highest BCUT2D eigenvalue weighted by molar-refractivity contribution is 6.00. The van der Waals surface area contributed by atoms with Crippen molar-refractivity contribution in [3.05, 3.63) is 47.3 Å². The number of carbonyl (C=O) groups excluding carboxylic acids is 3. The summed E-state index contributed by atoms with van der Waals surface area (Å²) in [5.74, 6) is -1.35. The summed E-state index contributed by atoms with van der Waals surface area (Å²) in [5, 5.41) is 0. The quantitative estimate of drug-likeness (QED) is 0.558. The minimum absolute atomic E-state index is 0.104. The first-order chi connectivity index (χ1) is 12.2. The van der Waals surface area contributed by atoms with Crippen molar-refractivity contribution < 1.29 is 28.6 Å². The van der Waals surface area contributed by atoms with Crippen LogP contribution in [0.15, 0.2) is 47.3 Å². The molecule has 0 aromatic rings. The molecular formula is C20H22O6. The zero-order valence-corrected chi connectivity index (χ0v) is 15.3. The zero-order chi connectivity index (χ0) is 19.2.